The van der Waals surface area contributed by atoms with Crippen LogP contribution in [0.15, 0.2) is 0 Å². The van der Waals surface area contributed by atoms with E-state index in [1.54, 1.807) is 20.8 Å². The number of nitrogens with one attached hydrogen (secondary N) is 1. The molecule has 0 aromatic heterocycles. The first-order chi connectivity index (χ1) is 10.7. The van der Waals surface area contributed by atoms with E-state index in [9.17, 15) is 9.90 Å². The fraction of sp³-hybridized carbons (Fsp3) is 0.941. The van der Waals surface area contributed by atoms with Crippen molar-refractivity contribution in [3.8, 4) is 0 Å². The lowest BCUT2D eigenvalue weighted by atomic mass is 10.0. The van der Waals surface area contributed by atoms with Crippen LogP contribution >= 0.6 is 0 Å². The van der Waals surface area contributed by atoms with Crippen molar-refractivity contribution in [1.29, 1.82) is 0 Å². The molecule has 1 aliphatic rings. The van der Waals surface area contributed by atoms with Gasteiger partial charge >= 0.3 is 6.09 Å². The minimum Gasteiger partial charge on any atom is -0.444 e. The number of alkyl carbamates (subject to hydrolysis) is 1. The van der Waals surface area contributed by atoms with Gasteiger partial charge in [-0.15, -0.1) is 0 Å². The monoisotopic (exact) mass is 361 g/mol. The van der Waals surface area contributed by atoms with Crippen molar-refractivity contribution in [3.05, 3.63) is 0 Å². The van der Waals surface area contributed by atoms with Crippen LogP contribution < -0.4 is 5.32 Å². The second-order valence-corrected chi connectivity index (χ2v) is 13.9. The number of hydrogen-bond acceptors (Lipinski definition) is 5. The molecule has 0 saturated carbocycles. The Morgan fingerprint density at radius 3 is 2.29 bits per heavy atom. The molecule has 3 atom stereocenters. The normalized spacial score (nSPS) is 26.1. The van der Waals surface area contributed by atoms with Crippen LogP contribution in [0.2, 0.25) is 18.1 Å². The van der Waals surface area contributed by atoms with Crippen molar-refractivity contribution in [2.24, 2.45) is 0 Å². The maximum Gasteiger partial charge on any atom is 0.408 e. The van der Waals surface area contributed by atoms with Gasteiger partial charge in [-0.1, -0.05) is 20.8 Å². The van der Waals surface area contributed by atoms with Crippen LogP contribution in [0.25, 0.3) is 0 Å². The zero-order valence-corrected chi connectivity index (χ0v) is 17.4. The molecule has 142 valence electrons. The molecule has 0 spiro atoms. The molecule has 0 aromatic rings. The maximum atomic E-state index is 11.8. The highest BCUT2D eigenvalue weighted by molar-refractivity contribution is 6.74. The summed E-state index contributed by atoms with van der Waals surface area (Å²) in [6.45, 7) is 17.1. The van der Waals surface area contributed by atoms with Gasteiger partial charge in [0.05, 0.1) is 31.5 Å². The van der Waals surface area contributed by atoms with Gasteiger partial charge in [0.2, 0.25) is 0 Å². The van der Waals surface area contributed by atoms with E-state index in [1.807, 2.05) is 0 Å². The topological polar surface area (TPSA) is 77.0 Å². The average Bonchev–Trinajstić information content (AvgIpc) is 2.36. The quantitative estimate of drug-likeness (QED) is 0.753. The van der Waals surface area contributed by atoms with Crippen molar-refractivity contribution < 1.29 is 23.8 Å². The van der Waals surface area contributed by atoms with Gasteiger partial charge in [-0.05, 0) is 38.9 Å². The van der Waals surface area contributed by atoms with Gasteiger partial charge in [-0.3, -0.25) is 0 Å². The van der Waals surface area contributed by atoms with E-state index < -0.39 is 32.2 Å². The van der Waals surface area contributed by atoms with Gasteiger partial charge in [-0.25, -0.2) is 4.79 Å². The minimum atomic E-state index is -1.83. The SMILES string of the molecule is CC(C)(C)OC(=O)NC1COC(CO[Si](C)(C)C(C)(C)C)CC1O. The summed E-state index contributed by atoms with van der Waals surface area (Å²) in [5, 5.41) is 13.1. The van der Waals surface area contributed by atoms with Gasteiger partial charge in [0.25, 0.3) is 0 Å². The standard InChI is InChI=1S/C17H35NO5Si/c1-16(2,3)23-15(20)18-13-11-21-12(9-14(13)19)10-22-24(7,8)17(4,5)6/h12-14,19H,9-11H2,1-8H3,(H,18,20). The van der Waals surface area contributed by atoms with Gasteiger partial charge in [0.15, 0.2) is 8.32 Å². The third kappa shape index (κ3) is 6.70. The first-order valence-electron chi connectivity index (χ1n) is 8.64. The molecule has 1 saturated heterocycles. The molecular weight excluding hydrogens is 326 g/mol. The predicted molar refractivity (Wildman–Crippen MR) is 96.7 cm³/mol. The Bertz CT molecular complexity index is 428. The Morgan fingerprint density at radius 2 is 1.83 bits per heavy atom. The summed E-state index contributed by atoms with van der Waals surface area (Å²) in [4.78, 5) is 11.8. The van der Waals surface area contributed by atoms with Crippen molar-refractivity contribution >= 4 is 14.4 Å². The number of rotatable bonds is 4. The van der Waals surface area contributed by atoms with Crippen LogP contribution in [0.3, 0.4) is 0 Å². The predicted octanol–water partition coefficient (Wildman–Crippen LogP) is 3.05. The molecule has 1 heterocycles. The first-order valence-corrected chi connectivity index (χ1v) is 11.6. The van der Waals surface area contributed by atoms with Crippen LogP contribution in [-0.4, -0.2) is 56.6 Å². The second kappa shape index (κ2) is 7.72. The lowest BCUT2D eigenvalue weighted by Gasteiger charge is -2.39. The number of ether oxygens (including phenoxy) is 2. The molecule has 1 amide bonds. The Hall–Kier alpha value is -0.633. The van der Waals surface area contributed by atoms with Crippen LogP contribution in [0.5, 0.6) is 0 Å². The van der Waals surface area contributed by atoms with Crippen LogP contribution in [0.4, 0.5) is 4.79 Å². The molecule has 24 heavy (non-hydrogen) atoms. The molecule has 0 radical (unpaired) electrons. The molecule has 2 N–H and O–H groups in total. The average molecular weight is 362 g/mol. The van der Waals surface area contributed by atoms with Crippen molar-refractivity contribution in [1.82, 2.24) is 5.32 Å². The first kappa shape index (κ1) is 21.4. The molecule has 0 aromatic carbocycles. The van der Waals surface area contributed by atoms with E-state index in [0.717, 1.165) is 0 Å². The number of hydrogen-bond donors (Lipinski definition) is 2. The molecule has 7 heteroatoms. The molecule has 1 aliphatic heterocycles. The van der Waals surface area contributed by atoms with E-state index in [1.165, 1.54) is 0 Å². The van der Waals surface area contributed by atoms with Gasteiger partial charge in [0.1, 0.15) is 5.60 Å². The van der Waals surface area contributed by atoms with E-state index >= 15 is 0 Å². The number of amides is 1. The van der Waals surface area contributed by atoms with Crippen LogP contribution in [-0.2, 0) is 13.9 Å². The zero-order valence-electron chi connectivity index (χ0n) is 16.4. The largest absolute Gasteiger partial charge is 0.444 e. The van der Waals surface area contributed by atoms with Crippen molar-refractivity contribution in [2.45, 2.75) is 89.9 Å². The number of aliphatic hydroxyl groups is 1. The van der Waals surface area contributed by atoms with Gasteiger partial charge in [-0.2, -0.15) is 0 Å². The number of carbonyl (C=O) groups excluding carboxylic acids is 1. The summed E-state index contributed by atoms with van der Waals surface area (Å²) >= 11 is 0. The Morgan fingerprint density at radius 1 is 1.25 bits per heavy atom. The molecular formula is C17H35NO5Si. The van der Waals surface area contributed by atoms with E-state index in [-0.39, 0.29) is 17.7 Å². The zero-order chi connectivity index (χ0) is 18.8. The third-order valence-corrected chi connectivity index (χ3v) is 9.12. The third-order valence-electron chi connectivity index (χ3n) is 4.62. The van der Waals surface area contributed by atoms with Gasteiger partial charge < -0.3 is 24.3 Å². The molecule has 6 nitrogen and oxygen atoms in total. The fourth-order valence-corrected chi connectivity index (χ4v) is 3.12. The Balaban J connectivity index is 2.45. The molecule has 1 fully saturated rings. The second-order valence-electron chi connectivity index (χ2n) is 9.08. The summed E-state index contributed by atoms with van der Waals surface area (Å²) in [5.41, 5.74) is -0.565. The lowest BCUT2D eigenvalue weighted by Crippen LogP contribution is -2.54. The lowest BCUT2D eigenvalue weighted by molar-refractivity contribution is -0.0817. The van der Waals surface area contributed by atoms with Crippen molar-refractivity contribution in [2.75, 3.05) is 13.2 Å². The van der Waals surface area contributed by atoms with E-state index in [2.05, 4.69) is 39.2 Å². The summed E-state index contributed by atoms with van der Waals surface area (Å²) in [6, 6.07) is -0.455. The Kier molecular flexibility index (Phi) is 6.89. The number of aliphatic hydroxyl groups excluding tert-OH is 1. The van der Waals surface area contributed by atoms with E-state index in [4.69, 9.17) is 13.9 Å². The summed E-state index contributed by atoms with van der Waals surface area (Å²) < 4.78 is 17.1. The summed E-state index contributed by atoms with van der Waals surface area (Å²) in [5.74, 6) is 0. The van der Waals surface area contributed by atoms with Crippen molar-refractivity contribution in [3.63, 3.8) is 0 Å². The van der Waals surface area contributed by atoms with Crippen LogP contribution in [0, 0.1) is 0 Å². The smallest absolute Gasteiger partial charge is 0.408 e. The van der Waals surface area contributed by atoms with Gasteiger partial charge in [0, 0.05) is 6.42 Å². The number of carbonyl (C=O) groups is 1. The Labute approximate surface area is 147 Å². The fourth-order valence-electron chi connectivity index (χ4n) is 2.08. The van der Waals surface area contributed by atoms with Crippen LogP contribution in [0.1, 0.15) is 48.0 Å². The highest BCUT2D eigenvalue weighted by Gasteiger charge is 2.39. The highest BCUT2D eigenvalue weighted by Crippen LogP contribution is 2.36. The molecule has 0 bridgehead atoms. The summed E-state index contributed by atoms with van der Waals surface area (Å²) in [6.07, 6.45) is -0.911. The maximum absolute atomic E-state index is 11.8. The molecule has 1 rings (SSSR count). The minimum absolute atomic E-state index is 0.140. The van der Waals surface area contributed by atoms with E-state index in [0.29, 0.717) is 13.0 Å². The highest BCUT2D eigenvalue weighted by atomic mass is 28.4. The summed E-state index contributed by atoms with van der Waals surface area (Å²) in [7, 11) is -1.83. The molecule has 3 unspecified atom stereocenters. The molecule has 0 aliphatic carbocycles.